The molecule has 12 rings (SSSR count). The topological polar surface area (TPSA) is 34.6 Å². The van der Waals surface area contributed by atoms with E-state index < -0.39 is 11.6 Å². The van der Waals surface area contributed by atoms with Crippen molar-refractivity contribution < 1.29 is 8.78 Å². The number of anilines is 6. The maximum Gasteiger partial charge on any atom is 0.187 e. The Kier molecular flexibility index (Phi) is 11.0. The standard InChI is InChI=1S/C66H40F2N4/c1-70-52-28-32-54(33-29-52)72(66-58(47-20-12-5-13-21-47)39-51(41-60(66)68)45-16-8-3-9-17-45)62-37-27-49-24-34-55-61(36-26-48-25-35-56(62)64(49)63(48)55)71(53-30-22-43(42-69)23-31-53)65-57(46-18-10-4-11-19-46)38-50(40-59(65)67)44-14-6-2-7-15-44/h2-41H. The number of nitriles is 1. The minimum absolute atomic E-state index is 0.359. The van der Waals surface area contributed by atoms with Crippen molar-refractivity contribution in [3.05, 3.63) is 271 Å². The zero-order valence-electron chi connectivity index (χ0n) is 38.6. The van der Waals surface area contributed by atoms with E-state index in [1.165, 1.54) is 0 Å². The number of halogens is 2. The van der Waals surface area contributed by atoms with Crippen LogP contribution in [0.5, 0.6) is 0 Å². The van der Waals surface area contributed by atoms with Crippen LogP contribution in [0.1, 0.15) is 5.56 Å². The number of rotatable bonds is 10. The van der Waals surface area contributed by atoms with Crippen molar-refractivity contribution in [1.82, 2.24) is 0 Å². The fraction of sp³-hybridized carbons (Fsp3) is 0. The van der Waals surface area contributed by atoms with Gasteiger partial charge in [-0.25, -0.2) is 13.6 Å². The minimum atomic E-state index is -0.415. The lowest BCUT2D eigenvalue weighted by Gasteiger charge is -2.31. The summed E-state index contributed by atoms with van der Waals surface area (Å²) in [5.41, 5.74) is 10.8. The largest absolute Gasteiger partial charge is 0.307 e. The Morgan fingerprint density at radius 1 is 0.389 bits per heavy atom. The van der Waals surface area contributed by atoms with Gasteiger partial charge in [0.05, 0.1) is 41.0 Å². The Balaban J connectivity index is 1.13. The third-order valence-corrected chi connectivity index (χ3v) is 13.5. The van der Waals surface area contributed by atoms with Gasteiger partial charge in [-0.15, -0.1) is 0 Å². The smallest absolute Gasteiger partial charge is 0.187 e. The predicted octanol–water partition coefficient (Wildman–Crippen LogP) is 18.9. The first-order chi connectivity index (χ1) is 35.4. The van der Waals surface area contributed by atoms with Crippen LogP contribution in [0.3, 0.4) is 0 Å². The summed E-state index contributed by atoms with van der Waals surface area (Å²) in [7, 11) is 0. The second kappa shape index (κ2) is 18.2. The molecule has 0 heterocycles. The Bertz CT molecular complexity index is 3790. The van der Waals surface area contributed by atoms with Crippen LogP contribution in [-0.4, -0.2) is 0 Å². The summed E-state index contributed by atoms with van der Waals surface area (Å²) in [6, 6.07) is 80.1. The summed E-state index contributed by atoms with van der Waals surface area (Å²) >= 11 is 0. The number of benzene rings is 12. The van der Waals surface area contributed by atoms with Crippen LogP contribution in [0.4, 0.5) is 48.6 Å². The lowest BCUT2D eigenvalue weighted by Crippen LogP contribution is -2.14. The van der Waals surface area contributed by atoms with Gasteiger partial charge in [0.25, 0.3) is 0 Å². The molecule has 12 aromatic rings. The molecule has 0 bridgehead atoms. The molecule has 12 aromatic carbocycles. The van der Waals surface area contributed by atoms with Gasteiger partial charge in [-0.05, 0) is 128 Å². The molecule has 0 fully saturated rings. The van der Waals surface area contributed by atoms with Crippen LogP contribution in [0.15, 0.2) is 243 Å². The van der Waals surface area contributed by atoms with Crippen LogP contribution in [0.2, 0.25) is 0 Å². The van der Waals surface area contributed by atoms with Gasteiger partial charge in [0.15, 0.2) is 5.69 Å². The molecule has 0 aliphatic heterocycles. The first-order valence-electron chi connectivity index (χ1n) is 23.6. The summed E-state index contributed by atoms with van der Waals surface area (Å²) in [5.74, 6) is -0.827. The van der Waals surface area contributed by atoms with Crippen LogP contribution in [0.25, 0.3) is 81.7 Å². The molecule has 0 aromatic heterocycles. The van der Waals surface area contributed by atoms with E-state index in [4.69, 9.17) is 6.57 Å². The van der Waals surface area contributed by atoms with E-state index in [1.54, 1.807) is 36.4 Å². The highest BCUT2D eigenvalue weighted by Gasteiger charge is 2.28. The van der Waals surface area contributed by atoms with E-state index >= 15 is 8.78 Å². The first-order valence-corrected chi connectivity index (χ1v) is 23.6. The number of hydrogen-bond donors (Lipinski definition) is 0. The number of nitrogens with zero attached hydrogens (tertiary/aromatic N) is 4. The molecule has 6 heteroatoms. The highest BCUT2D eigenvalue weighted by molar-refractivity contribution is 6.28. The monoisotopic (exact) mass is 926 g/mol. The van der Waals surface area contributed by atoms with Crippen molar-refractivity contribution in [2.45, 2.75) is 0 Å². The summed E-state index contributed by atoms with van der Waals surface area (Å²) in [6.07, 6.45) is 0. The SMILES string of the molecule is [C-]#[N+]c1ccc(N(c2c(F)cc(-c3ccccc3)cc2-c2ccccc2)c2ccc3ccc4c(N(c5ccc(C#N)cc5)c5c(F)cc(-c6ccccc6)cc5-c5ccccc5)ccc5ccc2c3c54)cc1. The van der Waals surface area contributed by atoms with Crippen molar-refractivity contribution in [3.8, 4) is 50.6 Å². The van der Waals surface area contributed by atoms with Gasteiger partial charge in [0.2, 0.25) is 0 Å². The maximum atomic E-state index is 17.7. The molecule has 0 saturated heterocycles. The van der Waals surface area contributed by atoms with Crippen molar-refractivity contribution in [1.29, 1.82) is 5.26 Å². The lowest BCUT2D eigenvalue weighted by molar-refractivity contribution is 0.629. The maximum absolute atomic E-state index is 17.7. The van der Waals surface area contributed by atoms with E-state index in [0.29, 0.717) is 45.1 Å². The molecule has 72 heavy (non-hydrogen) atoms. The Morgan fingerprint density at radius 2 is 0.764 bits per heavy atom. The van der Waals surface area contributed by atoms with E-state index in [9.17, 15) is 5.26 Å². The fourth-order valence-corrected chi connectivity index (χ4v) is 10.2. The van der Waals surface area contributed by atoms with E-state index in [0.717, 1.165) is 77.1 Å². The highest BCUT2D eigenvalue weighted by atomic mass is 19.1. The Morgan fingerprint density at radius 3 is 1.15 bits per heavy atom. The van der Waals surface area contributed by atoms with Crippen molar-refractivity contribution in [3.63, 3.8) is 0 Å². The third-order valence-electron chi connectivity index (χ3n) is 13.5. The fourth-order valence-electron chi connectivity index (χ4n) is 10.2. The Labute approximate surface area is 415 Å². The van der Waals surface area contributed by atoms with Crippen molar-refractivity contribution in [2.75, 3.05) is 9.80 Å². The van der Waals surface area contributed by atoms with Gasteiger partial charge >= 0.3 is 0 Å². The molecule has 0 radical (unpaired) electrons. The average Bonchev–Trinajstić information content (AvgIpc) is 3.45. The highest BCUT2D eigenvalue weighted by Crippen LogP contribution is 2.52. The van der Waals surface area contributed by atoms with Gasteiger partial charge < -0.3 is 9.80 Å². The minimum Gasteiger partial charge on any atom is -0.307 e. The zero-order chi connectivity index (χ0) is 48.7. The molecule has 0 N–H and O–H groups in total. The summed E-state index contributed by atoms with van der Waals surface area (Å²) in [5, 5.41) is 15.5. The first kappa shape index (κ1) is 43.4. The summed E-state index contributed by atoms with van der Waals surface area (Å²) < 4.78 is 35.4. The molecule has 0 amide bonds. The van der Waals surface area contributed by atoms with E-state index in [-0.39, 0.29) is 0 Å². The van der Waals surface area contributed by atoms with Gasteiger partial charge in [0, 0.05) is 33.3 Å². The molecule has 4 nitrogen and oxygen atoms in total. The molecule has 0 unspecified atom stereocenters. The second-order valence-electron chi connectivity index (χ2n) is 17.7. The molecule has 0 aliphatic carbocycles. The quantitative estimate of drug-likeness (QED) is 0.101. The summed E-state index contributed by atoms with van der Waals surface area (Å²) in [4.78, 5) is 7.64. The average molecular weight is 927 g/mol. The van der Waals surface area contributed by atoms with Crippen LogP contribution in [0, 0.1) is 29.5 Å². The van der Waals surface area contributed by atoms with Gasteiger partial charge in [0.1, 0.15) is 11.6 Å². The number of hydrogen-bond acceptors (Lipinski definition) is 3. The Hall–Kier alpha value is -9.88. The normalized spacial score (nSPS) is 11.2. The molecular formula is C66H40F2N4. The lowest BCUT2D eigenvalue weighted by atomic mass is 9.90. The van der Waals surface area contributed by atoms with Crippen LogP contribution in [-0.2, 0) is 0 Å². The van der Waals surface area contributed by atoms with E-state index in [2.05, 4.69) is 59.4 Å². The van der Waals surface area contributed by atoms with Crippen LogP contribution < -0.4 is 9.80 Å². The molecule has 0 spiro atoms. The van der Waals surface area contributed by atoms with Gasteiger partial charge in [-0.1, -0.05) is 170 Å². The molecule has 0 atom stereocenters. The molecule has 0 aliphatic rings. The van der Waals surface area contributed by atoms with Crippen LogP contribution >= 0.6 is 0 Å². The van der Waals surface area contributed by atoms with E-state index in [1.807, 2.05) is 168 Å². The molecular weight excluding hydrogens is 887 g/mol. The zero-order valence-corrected chi connectivity index (χ0v) is 38.6. The van der Waals surface area contributed by atoms with Gasteiger partial charge in [-0.3, -0.25) is 0 Å². The van der Waals surface area contributed by atoms with Gasteiger partial charge in [-0.2, -0.15) is 5.26 Å². The predicted molar refractivity (Wildman–Crippen MR) is 292 cm³/mol. The van der Waals surface area contributed by atoms with Crippen molar-refractivity contribution in [2.24, 2.45) is 0 Å². The molecule has 338 valence electrons. The third kappa shape index (κ3) is 7.61. The summed E-state index contributed by atoms with van der Waals surface area (Å²) in [6.45, 7) is 7.77. The molecule has 0 saturated carbocycles. The second-order valence-corrected chi connectivity index (χ2v) is 17.7. The van der Waals surface area contributed by atoms with Crippen molar-refractivity contribution >= 4 is 72.1 Å².